The van der Waals surface area contributed by atoms with Crippen LogP contribution in [0.25, 0.3) is 16.7 Å². The Bertz CT molecular complexity index is 1320. The summed E-state index contributed by atoms with van der Waals surface area (Å²) in [5.41, 5.74) is 7.08. The third-order valence-electron chi connectivity index (χ3n) is 6.52. The molecule has 6 heteroatoms. The third kappa shape index (κ3) is 4.05. The third-order valence-corrected chi connectivity index (χ3v) is 6.52. The van der Waals surface area contributed by atoms with Gasteiger partial charge in [0.15, 0.2) is 0 Å². The van der Waals surface area contributed by atoms with Gasteiger partial charge in [0, 0.05) is 30.8 Å². The molecule has 1 aliphatic carbocycles. The van der Waals surface area contributed by atoms with E-state index in [9.17, 15) is 0 Å². The van der Waals surface area contributed by atoms with E-state index in [2.05, 4.69) is 63.4 Å². The Balaban J connectivity index is 1.32. The lowest BCUT2D eigenvalue weighted by molar-refractivity contribution is 0.153. The van der Waals surface area contributed by atoms with Gasteiger partial charge in [-0.1, -0.05) is 30.3 Å². The zero-order chi connectivity index (χ0) is 22.0. The molecule has 0 bridgehead atoms. The molecule has 6 rings (SSSR count). The number of imidazole rings is 2. The quantitative estimate of drug-likeness (QED) is 0.398. The second-order valence-corrected chi connectivity index (χ2v) is 8.70. The van der Waals surface area contributed by atoms with Crippen LogP contribution in [0.15, 0.2) is 85.6 Å². The number of aromatic amines is 1. The molecule has 3 heterocycles. The molecule has 33 heavy (non-hydrogen) atoms. The molecule has 0 spiro atoms. The van der Waals surface area contributed by atoms with Gasteiger partial charge in [0.25, 0.3) is 0 Å². The SMILES string of the molecule is c1cnc2c(c1)CCCC2N(Cc1ccc(-n2ccnc2)cc1)Cc1nc2ccccc2[nH]1. The number of nitrogens with one attached hydrogen (secondary N) is 1. The number of aryl methyl sites for hydroxylation is 1. The molecule has 1 unspecified atom stereocenters. The fourth-order valence-corrected chi connectivity index (χ4v) is 4.91. The van der Waals surface area contributed by atoms with Crippen LogP contribution in [0.5, 0.6) is 0 Å². The molecule has 0 amide bonds. The Morgan fingerprint density at radius 3 is 2.73 bits per heavy atom. The molecule has 0 saturated carbocycles. The average Bonchev–Trinajstić information content (AvgIpc) is 3.54. The van der Waals surface area contributed by atoms with Crippen LogP contribution in [-0.4, -0.2) is 29.4 Å². The standard InChI is InChI=1S/C27H26N6/c1-2-8-24-23(7-1)30-26(31-24)18-33(25-9-3-5-21-6-4-14-29-27(21)25)17-20-10-12-22(13-11-20)32-16-15-28-19-32/h1-2,4,6-8,10-16,19,25H,3,5,9,17-18H2,(H,30,31). The van der Waals surface area contributed by atoms with E-state index < -0.39 is 0 Å². The largest absolute Gasteiger partial charge is 0.341 e. The lowest BCUT2D eigenvalue weighted by Crippen LogP contribution is -2.31. The molecule has 0 radical (unpaired) electrons. The topological polar surface area (TPSA) is 62.6 Å². The molecule has 0 fully saturated rings. The fourth-order valence-electron chi connectivity index (χ4n) is 4.91. The number of fused-ring (bicyclic) bond motifs is 2. The predicted octanol–water partition coefficient (Wildman–Crippen LogP) is 5.22. The number of H-pyrrole nitrogens is 1. The summed E-state index contributed by atoms with van der Waals surface area (Å²) < 4.78 is 2.03. The monoisotopic (exact) mass is 434 g/mol. The van der Waals surface area contributed by atoms with Crippen LogP contribution in [0.2, 0.25) is 0 Å². The minimum atomic E-state index is 0.275. The van der Waals surface area contributed by atoms with Gasteiger partial charge in [-0.15, -0.1) is 0 Å². The van der Waals surface area contributed by atoms with Gasteiger partial charge < -0.3 is 9.55 Å². The van der Waals surface area contributed by atoms with Gasteiger partial charge in [-0.3, -0.25) is 9.88 Å². The molecule has 6 nitrogen and oxygen atoms in total. The van der Waals surface area contributed by atoms with E-state index in [-0.39, 0.29) is 6.04 Å². The molecule has 1 atom stereocenters. The van der Waals surface area contributed by atoms with Crippen molar-refractivity contribution in [2.24, 2.45) is 0 Å². The Hall–Kier alpha value is -3.77. The first-order valence-electron chi connectivity index (χ1n) is 11.5. The highest BCUT2D eigenvalue weighted by molar-refractivity contribution is 5.74. The van der Waals surface area contributed by atoms with E-state index in [0.29, 0.717) is 0 Å². The van der Waals surface area contributed by atoms with Gasteiger partial charge >= 0.3 is 0 Å². The van der Waals surface area contributed by atoms with Crippen molar-refractivity contribution in [1.29, 1.82) is 0 Å². The molecule has 164 valence electrons. The number of nitrogens with zero attached hydrogens (tertiary/aromatic N) is 5. The van der Waals surface area contributed by atoms with Gasteiger partial charge in [-0.2, -0.15) is 0 Å². The highest BCUT2D eigenvalue weighted by Gasteiger charge is 2.28. The van der Waals surface area contributed by atoms with E-state index in [1.54, 1.807) is 6.20 Å². The summed E-state index contributed by atoms with van der Waals surface area (Å²) in [6, 6.07) is 21.5. The van der Waals surface area contributed by atoms with E-state index in [1.807, 2.05) is 35.4 Å². The van der Waals surface area contributed by atoms with Gasteiger partial charge in [0.1, 0.15) is 5.82 Å². The highest BCUT2D eigenvalue weighted by Crippen LogP contribution is 2.34. The van der Waals surface area contributed by atoms with Crippen molar-refractivity contribution in [3.63, 3.8) is 0 Å². The summed E-state index contributed by atoms with van der Waals surface area (Å²) in [6.45, 7) is 1.58. The zero-order valence-corrected chi connectivity index (χ0v) is 18.4. The van der Waals surface area contributed by atoms with Crippen LogP contribution >= 0.6 is 0 Å². The van der Waals surface area contributed by atoms with Gasteiger partial charge in [-0.05, 0) is 60.7 Å². The maximum atomic E-state index is 4.86. The summed E-state index contributed by atoms with van der Waals surface area (Å²) in [5, 5.41) is 0. The lowest BCUT2D eigenvalue weighted by atomic mass is 9.90. The van der Waals surface area contributed by atoms with Crippen LogP contribution in [0.1, 0.15) is 41.5 Å². The van der Waals surface area contributed by atoms with Crippen molar-refractivity contribution in [3.8, 4) is 5.69 Å². The molecule has 3 aromatic heterocycles. The summed E-state index contributed by atoms with van der Waals surface area (Å²) >= 11 is 0. The van der Waals surface area contributed by atoms with Crippen molar-refractivity contribution in [2.45, 2.75) is 38.4 Å². The predicted molar refractivity (Wildman–Crippen MR) is 129 cm³/mol. The first-order chi connectivity index (χ1) is 16.3. The zero-order valence-electron chi connectivity index (χ0n) is 18.4. The number of benzene rings is 2. The lowest BCUT2D eigenvalue weighted by Gasteiger charge is -2.34. The first kappa shape index (κ1) is 19.9. The summed E-state index contributed by atoms with van der Waals surface area (Å²) in [6.07, 6.45) is 10.9. The van der Waals surface area contributed by atoms with E-state index >= 15 is 0 Å². The van der Waals surface area contributed by atoms with Gasteiger partial charge in [0.2, 0.25) is 0 Å². The van der Waals surface area contributed by atoms with Gasteiger partial charge in [0.05, 0.1) is 35.6 Å². The van der Waals surface area contributed by atoms with Crippen molar-refractivity contribution in [2.75, 3.05) is 0 Å². The summed E-state index contributed by atoms with van der Waals surface area (Å²) in [7, 11) is 0. The number of pyridine rings is 1. The van der Waals surface area contributed by atoms with Gasteiger partial charge in [-0.25, -0.2) is 9.97 Å². The smallest absolute Gasteiger partial charge is 0.121 e. The molecular formula is C27H26N6. The van der Waals surface area contributed by atoms with E-state index in [1.165, 1.54) is 23.2 Å². The van der Waals surface area contributed by atoms with Crippen LogP contribution < -0.4 is 0 Å². The maximum Gasteiger partial charge on any atom is 0.121 e. The molecule has 1 aliphatic rings. The number of hydrogen-bond acceptors (Lipinski definition) is 4. The van der Waals surface area contributed by atoms with Crippen LogP contribution in [0.3, 0.4) is 0 Å². The Kier molecular flexibility index (Phi) is 5.20. The minimum absolute atomic E-state index is 0.275. The van der Waals surface area contributed by atoms with Crippen molar-refractivity contribution >= 4 is 11.0 Å². The normalized spacial score (nSPS) is 15.7. The molecule has 5 aromatic rings. The van der Waals surface area contributed by atoms with Crippen molar-refractivity contribution in [1.82, 2.24) is 29.4 Å². The maximum absolute atomic E-state index is 4.86. The molecule has 1 N–H and O–H groups in total. The number of rotatable bonds is 6. The fraction of sp³-hybridized carbons (Fsp3) is 0.222. The van der Waals surface area contributed by atoms with Crippen molar-refractivity contribution < 1.29 is 0 Å². The Morgan fingerprint density at radius 1 is 0.970 bits per heavy atom. The van der Waals surface area contributed by atoms with E-state index in [0.717, 1.165) is 48.5 Å². The Labute approximate surface area is 193 Å². The number of para-hydroxylation sites is 2. The van der Waals surface area contributed by atoms with Crippen LogP contribution in [-0.2, 0) is 19.5 Å². The number of aromatic nitrogens is 5. The highest BCUT2D eigenvalue weighted by atomic mass is 15.2. The second kappa shape index (κ2) is 8.64. The van der Waals surface area contributed by atoms with Crippen LogP contribution in [0, 0.1) is 0 Å². The molecule has 2 aromatic carbocycles. The number of hydrogen-bond donors (Lipinski definition) is 1. The minimum Gasteiger partial charge on any atom is -0.341 e. The molecular weight excluding hydrogens is 408 g/mol. The first-order valence-corrected chi connectivity index (χ1v) is 11.5. The average molecular weight is 435 g/mol. The molecule has 0 aliphatic heterocycles. The second-order valence-electron chi connectivity index (χ2n) is 8.70. The summed E-state index contributed by atoms with van der Waals surface area (Å²) in [4.78, 5) is 19.9. The van der Waals surface area contributed by atoms with Crippen LogP contribution in [0.4, 0.5) is 0 Å². The summed E-state index contributed by atoms with van der Waals surface area (Å²) in [5.74, 6) is 0.995. The van der Waals surface area contributed by atoms with E-state index in [4.69, 9.17) is 9.97 Å². The van der Waals surface area contributed by atoms with Crippen molar-refractivity contribution in [3.05, 3.63) is 108 Å². The Morgan fingerprint density at radius 2 is 1.88 bits per heavy atom. The molecule has 0 saturated heterocycles.